The summed E-state index contributed by atoms with van der Waals surface area (Å²) in [7, 11) is 0. The molecule has 0 spiro atoms. The molecule has 1 aliphatic carbocycles. The van der Waals surface area contributed by atoms with Crippen molar-refractivity contribution < 1.29 is 0 Å². The van der Waals surface area contributed by atoms with Crippen LogP contribution in [0.15, 0.2) is 37.1 Å². The third-order valence-corrected chi connectivity index (χ3v) is 4.68. The smallest absolute Gasteiger partial charge is 0.0960 e. The number of aryl methyl sites for hydroxylation is 1. The minimum atomic E-state index is 0.444. The molecule has 100 valence electrons. The molecular weight excluding hydrogens is 248 g/mol. The summed E-state index contributed by atoms with van der Waals surface area (Å²) in [5.41, 5.74) is 5.14. The monoisotopic (exact) mass is 264 g/mol. The number of aromatic nitrogens is 4. The molecule has 0 N–H and O–H groups in total. The maximum absolute atomic E-state index is 4.53. The molecule has 4 heteroatoms. The molecule has 1 aromatic carbocycles. The van der Waals surface area contributed by atoms with Crippen LogP contribution in [0.5, 0.6) is 0 Å². The van der Waals surface area contributed by atoms with Crippen LogP contribution in [-0.4, -0.2) is 19.1 Å². The van der Waals surface area contributed by atoms with Crippen LogP contribution < -0.4 is 0 Å². The van der Waals surface area contributed by atoms with Gasteiger partial charge in [-0.15, -0.1) is 0 Å². The first-order chi connectivity index (χ1) is 9.90. The Kier molecular flexibility index (Phi) is 1.98. The molecule has 0 radical (unpaired) electrons. The summed E-state index contributed by atoms with van der Waals surface area (Å²) >= 11 is 0. The quantitative estimate of drug-likeness (QED) is 0.713. The summed E-state index contributed by atoms with van der Waals surface area (Å²) in [5, 5.41) is 0. The van der Waals surface area contributed by atoms with Gasteiger partial charge in [-0.3, -0.25) is 0 Å². The van der Waals surface area contributed by atoms with Crippen molar-refractivity contribution in [3.05, 3.63) is 48.3 Å². The van der Waals surface area contributed by atoms with Gasteiger partial charge in [0.05, 0.1) is 29.7 Å². The van der Waals surface area contributed by atoms with Crippen molar-refractivity contribution >= 4 is 11.0 Å². The summed E-state index contributed by atoms with van der Waals surface area (Å²) in [6, 6.07) is 7.85. The van der Waals surface area contributed by atoms with Gasteiger partial charge in [-0.1, -0.05) is 6.07 Å². The third-order valence-electron chi connectivity index (χ3n) is 4.68. The van der Waals surface area contributed by atoms with E-state index < -0.39 is 0 Å². The van der Waals surface area contributed by atoms with Crippen LogP contribution in [0.25, 0.3) is 11.0 Å². The third kappa shape index (κ3) is 1.42. The molecule has 4 nitrogen and oxygen atoms in total. The zero-order valence-electron chi connectivity index (χ0n) is 11.2. The Bertz CT molecular complexity index is 794. The summed E-state index contributed by atoms with van der Waals surface area (Å²) < 4.78 is 4.67. The SMILES string of the molecule is c1cc2ncn(C3CC3)c2cc1C1CCc2cncn21. The zero-order chi connectivity index (χ0) is 13.1. The molecule has 0 saturated heterocycles. The Morgan fingerprint density at radius 3 is 2.90 bits per heavy atom. The van der Waals surface area contributed by atoms with E-state index in [1.807, 2.05) is 18.9 Å². The number of rotatable bonds is 2. The van der Waals surface area contributed by atoms with Crippen LogP contribution in [0.2, 0.25) is 0 Å². The van der Waals surface area contributed by atoms with Crippen molar-refractivity contribution in [2.45, 2.75) is 37.8 Å². The molecule has 3 heterocycles. The van der Waals surface area contributed by atoms with Crippen LogP contribution in [-0.2, 0) is 6.42 Å². The summed E-state index contributed by atoms with van der Waals surface area (Å²) in [6.07, 6.45) is 10.9. The van der Waals surface area contributed by atoms with Gasteiger partial charge in [0.25, 0.3) is 0 Å². The summed E-state index contributed by atoms with van der Waals surface area (Å²) in [6.45, 7) is 0. The van der Waals surface area contributed by atoms with Gasteiger partial charge in [-0.25, -0.2) is 9.97 Å². The molecule has 2 aliphatic rings. The van der Waals surface area contributed by atoms with Crippen molar-refractivity contribution in [2.75, 3.05) is 0 Å². The molecule has 1 fully saturated rings. The molecule has 5 rings (SSSR count). The second-order valence-electron chi connectivity index (χ2n) is 5.98. The Morgan fingerprint density at radius 2 is 2.00 bits per heavy atom. The van der Waals surface area contributed by atoms with Gasteiger partial charge in [0.2, 0.25) is 0 Å². The number of hydrogen-bond donors (Lipinski definition) is 0. The highest BCUT2D eigenvalue weighted by atomic mass is 15.1. The first-order valence-corrected chi connectivity index (χ1v) is 7.37. The molecular formula is C16H16N4. The van der Waals surface area contributed by atoms with Crippen molar-refractivity contribution in [3.63, 3.8) is 0 Å². The lowest BCUT2D eigenvalue weighted by molar-refractivity contribution is 0.616. The predicted molar refractivity (Wildman–Crippen MR) is 76.7 cm³/mol. The molecule has 1 unspecified atom stereocenters. The van der Waals surface area contributed by atoms with E-state index in [4.69, 9.17) is 0 Å². The molecule has 1 saturated carbocycles. The van der Waals surface area contributed by atoms with Gasteiger partial charge in [0.15, 0.2) is 0 Å². The molecule has 3 aromatic rings. The second-order valence-corrected chi connectivity index (χ2v) is 5.98. The van der Waals surface area contributed by atoms with E-state index in [1.54, 1.807) is 0 Å². The Hall–Kier alpha value is -2.10. The molecule has 1 aliphatic heterocycles. The normalized spacial score (nSPS) is 21.5. The van der Waals surface area contributed by atoms with Gasteiger partial charge in [0, 0.05) is 17.9 Å². The highest BCUT2D eigenvalue weighted by molar-refractivity contribution is 5.76. The van der Waals surface area contributed by atoms with Crippen molar-refractivity contribution in [1.29, 1.82) is 0 Å². The van der Waals surface area contributed by atoms with E-state index in [1.165, 1.54) is 36.0 Å². The van der Waals surface area contributed by atoms with Gasteiger partial charge in [-0.2, -0.15) is 0 Å². The van der Waals surface area contributed by atoms with Crippen LogP contribution in [0.4, 0.5) is 0 Å². The largest absolute Gasteiger partial charge is 0.327 e. The lowest BCUT2D eigenvalue weighted by Crippen LogP contribution is -2.04. The van der Waals surface area contributed by atoms with E-state index in [2.05, 4.69) is 37.3 Å². The number of nitrogens with zero attached hydrogens (tertiary/aromatic N) is 4. The van der Waals surface area contributed by atoms with Crippen LogP contribution >= 0.6 is 0 Å². The molecule has 0 amide bonds. The maximum Gasteiger partial charge on any atom is 0.0960 e. The van der Waals surface area contributed by atoms with Gasteiger partial charge < -0.3 is 9.13 Å². The standard InChI is InChI=1S/C16H16N4/c1-5-14-16(20(10-18-14)12-2-3-12)7-11(1)15-6-4-13-8-17-9-19(13)15/h1,5,7-10,12,15H,2-4,6H2. The number of benzene rings is 1. The van der Waals surface area contributed by atoms with Crippen molar-refractivity contribution in [3.8, 4) is 0 Å². The fraction of sp³-hybridized carbons (Fsp3) is 0.375. The van der Waals surface area contributed by atoms with E-state index in [0.717, 1.165) is 11.9 Å². The average Bonchev–Trinajstić information content (AvgIpc) is 2.90. The van der Waals surface area contributed by atoms with E-state index in [0.29, 0.717) is 12.1 Å². The Balaban J connectivity index is 1.64. The fourth-order valence-corrected chi connectivity index (χ4v) is 3.45. The lowest BCUT2D eigenvalue weighted by Gasteiger charge is -2.14. The molecule has 20 heavy (non-hydrogen) atoms. The minimum absolute atomic E-state index is 0.444. The fourth-order valence-electron chi connectivity index (χ4n) is 3.45. The first-order valence-electron chi connectivity index (χ1n) is 7.37. The van der Waals surface area contributed by atoms with E-state index >= 15 is 0 Å². The summed E-state index contributed by atoms with van der Waals surface area (Å²) in [5.74, 6) is 0. The van der Waals surface area contributed by atoms with E-state index in [9.17, 15) is 0 Å². The number of fused-ring (bicyclic) bond motifs is 2. The maximum atomic E-state index is 4.53. The van der Waals surface area contributed by atoms with Gasteiger partial charge in [0.1, 0.15) is 0 Å². The average molecular weight is 264 g/mol. The second kappa shape index (κ2) is 3.72. The summed E-state index contributed by atoms with van der Waals surface area (Å²) in [4.78, 5) is 8.80. The molecule has 1 atom stereocenters. The number of imidazole rings is 2. The highest BCUT2D eigenvalue weighted by Crippen LogP contribution is 2.38. The topological polar surface area (TPSA) is 35.6 Å². The molecule has 2 aromatic heterocycles. The number of hydrogen-bond acceptors (Lipinski definition) is 2. The first kappa shape index (κ1) is 10.7. The predicted octanol–water partition coefficient (Wildman–Crippen LogP) is 3.10. The zero-order valence-corrected chi connectivity index (χ0v) is 11.2. The van der Waals surface area contributed by atoms with Crippen LogP contribution in [0.1, 0.15) is 42.6 Å². The van der Waals surface area contributed by atoms with Crippen LogP contribution in [0.3, 0.4) is 0 Å². The van der Waals surface area contributed by atoms with Gasteiger partial charge in [-0.05, 0) is 43.4 Å². The van der Waals surface area contributed by atoms with Crippen molar-refractivity contribution in [1.82, 2.24) is 19.1 Å². The Labute approximate surface area is 117 Å². The van der Waals surface area contributed by atoms with Gasteiger partial charge >= 0.3 is 0 Å². The van der Waals surface area contributed by atoms with E-state index in [-0.39, 0.29) is 0 Å². The lowest BCUT2D eigenvalue weighted by atomic mass is 10.0. The van der Waals surface area contributed by atoms with Crippen molar-refractivity contribution in [2.24, 2.45) is 0 Å². The highest BCUT2D eigenvalue weighted by Gasteiger charge is 2.27. The molecule has 0 bridgehead atoms. The Morgan fingerprint density at radius 1 is 1.05 bits per heavy atom. The van der Waals surface area contributed by atoms with Crippen LogP contribution in [0, 0.1) is 0 Å². The minimum Gasteiger partial charge on any atom is -0.327 e.